The lowest BCUT2D eigenvalue weighted by Gasteiger charge is -2.08. The monoisotopic (exact) mass is 281 g/mol. The van der Waals surface area contributed by atoms with E-state index in [0.29, 0.717) is 11.3 Å². The Kier molecular flexibility index (Phi) is 2.80. The van der Waals surface area contributed by atoms with Gasteiger partial charge in [0.15, 0.2) is 4.84 Å². The summed E-state index contributed by atoms with van der Waals surface area (Å²) < 4.78 is 1.62. The number of alkyl halides is 2. The molecule has 1 aromatic carbocycles. The molecule has 7 heteroatoms. The molecule has 0 aliphatic carbocycles. The van der Waals surface area contributed by atoms with Crippen LogP contribution in [0.5, 0.6) is 0 Å². The minimum Gasteiger partial charge on any atom is -0.244 e. The average Bonchev–Trinajstić information content (AvgIpc) is 2.86. The summed E-state index contributed by atoms with van der Waals surface area (Å²) in [5, 5.41) is 11.5. The van der Waals surface area contributed by atoms with Crippen LogP contribution in [0, 0.1) is 0 Å². The summed E-state index contributed by atoms with van der Waals surface area (Å²) in [6.07, 6.45) is 0.868. The van der Waals surface area contributed by atoms with E-state index in [9.17, 15) is 0 Å². The first kappa shape index (κ1) is 11.6. The van der Waals surface area contributed by atoms with Gasteiger partial charge in [0.2, 0.25) is 5.65 Å². The second-order valence-electron chi connectivity index (χ2n) is 3.85. The van der Waals surface area contributed by atoms with Gasteiger partial charge in [-0.15, -0.1) is 5.10 Å². The Balaban J connectivity index is 2.51. The maximum Gasteiger partial charge on any atom is 0.204 e. The zero-order chi connectivity index (χ0) is 12.7. The highest BCUT2D eigenvalue weighted by molar-refractivity contribution is 6.44. The second kappa shape index (κ2) is 4.33. The number of halogens is 2. The Morgan fingerprint density at radius 3 is 2.89 bits per heavy atom. The lowest BCUT2D eigenvalue weighted by atomic mass is 10.1. The van der Waals surface area contributed by atoms with Gasteiger partial charge < -0.3 is 0 Å². The van der Waals surface area contributed by atoms with Gasteiger partial charge in [-0.25, -0.2) is 4.98 Å². The molecule has 18 heavy (non-hydrogen) atoms. The van der Waals surface area contributed by atoms with E-state index in [4.69, 9.17) is 23.2 Å². The highest BCUT2D eigenvalue weighted by Crippen LogP contribution is 2.28. The van der Waals surface area contributed by atoms with Crippen molar-refractivity contribution in [2.75, 3.05) is 0 Å². The lowest BCUT2D eigenvalue weighted by molar-refractivity contribution is 0.839. The number of benzene rings is 1. The maximum atomic E-state index is 5.93. The van der Waals surface area contributed by atoms with E-state index in [0.717, 1.165) is 23.0 Å². The molecule has 0 aliphatic heterocycles. The van der Waals surface area contributed by atoms with Gasteiger partial charge in [0.1, 0.15) is 5.69 Å². The topological polar surface area (TPSA) is 56.0 Å². The fourth-order valence-electron chi connectivity index (χ4n) is 1.99. The van der Waals surface area contributed by atoms with Gasteiger partial charge >= 0.3 is 0 Å². The standard InChI is InChI=1S/C11H9Cl2N5/c1-2-6-4-3-5-7-8(6)14-9(10(12)13)11-15-16-17-18(7)11/h3-5,10H,2H2,1H3. The molecule has 5 nitrogen and oxygen atoms in total. The summed E-state index contributed by atoms with van der Waals surface area (Å²) in [7, 11) is 0. The van der Waals surface area contributed by atoms with Gasteiger partial charge in [0, 0.05) is 0 Å². The number of hydrogen-bond donors (Lipinski definition) is 0. The number of rotatable bonds is 2. The number of nitrogens with zero attached hydrogens (tertiary/aromatic N) is 5. The van der Waals surface area contributed by atoms with Crippen molar-refractivity contribution in [3.8, 4) is 0 Å². The predicted molar refractivity (Wildman–Crippen MR) is 69.9 cm³/mol. The number of para-hydroxylation sites is 1. The molecule has 2 aromatic heterocycles. The van der Waals surface area contributed by atoms with E-state index in [-0.39, 0.29) is 0 Å². The first-order valence-corrected chi connectivity index (χ1v) is 6.37. The molecule has 0 atom stereocenters. The minimum absolute atomic E-state index is 0.483. The molecule has 3 rings (SSSR count). The smallest absolute Gasteiger partial charge is 0.204 e. The van der Waals surface area contributed by atoms with Crippen molar-refractivity contribution >= 4 is 39.9 Å². The van der Waals surface area contributed by atoms with Crippen LogP contribution in [-0.2, 0) is 6.42 Å². The molecule has 2 heterocycles. The first-order valence-electron chi connectivity index (χ1n) is 5.50. The fraction of sp³-hybridized carbons (Fsp3) is 0.273. The molecule has 92 valence electrons. The molecular formula is C11H9Cl2N5. The molecule has 0 saturated carbocycles. The highest BCUT2D eigenvalue weighted by atomic mass is 35.5. The SMILES string of the molecule is CCc1cccc2c1nc(C(Cl)Cl)c1nnnn12. The molecule has 3 aromatic rings. The van der Waals surface area contributed by atoms with Crippen LogP contribution in [0.3, 0.4) is 0 Å². The third kappa shape index (κ3) is 1.62. The van der Waals surface area contributed by atoms with E-state index in [1.807, 2.05) is 18.2 Å². The van der Waals surface area contributed by atoms with E-state index in [1.54, 1.807) is 4.52 Å². The summed E-state index contributed by atoms with van der Waals surface area (Å²) in [5.74, 6) is 0. The lowest BCUT2D eigenvalue weighted by Crippen LogP contribution is -2.02. The van der Waals surface area contributed by atoms with Crippen LogP contribution in [0.2, 0.25) is 0 Å². The van der Waals surface area contributed by atoms with Crippen LogP contribution in [0.1, 0.15) is 23.0 Å². The number of fused-ring (bicyclic) bond motifs is 3. The second-order valence-corrected chi connectivity index (χ2v) is 4.95. The molecule has 0 bridgehead atoms. The molecule has 0 radical (unpaired) electrons. The number of tetrazole rings is 1. The van der Waals surface area contributed by atoms with Crippen LogP contribution in [0.4, 0.5) is 0 Å². The molecular weight excluding hydrogens is 273 g/mol. The zero-order valence-corrected chi connectivity index (χ0v) is 11.0. The van der Waals surface area contributed by atoms with Crippen LogP contribution < -0.4 is 0 Å². The quantitative estimate of drug-likeness (QED) is 0.678. The summed E-state index contributed by atoms with van der Waals surface area (Å²) in [6.45, 7) is 2.07. The molecule has 0 spiro atoms. The molecule has 0 aliphatic rings. The normalized spacial score (nSPS) is 11.8. The van der Waals surface area contributed by atoms with E-state index >= 15 is 0 Å². The van der Waals surface area contributed by atoms with Crippen molar-refractivity contribution in [1.82, 2.24) is 25.0 Å². The molecule has 0 saturated heterocycles. The highest BCUT2D eigenvalue weighted by Gasteiger charge is 2.17. The Hall–Kier alpha value is -1.46. The maximum absolute atomic E-state index is 5.93. The minimum atomic E-state index is -0.757. The van der Waals surface area contributed by atoms with Crippen molar-refractivity contribution in [3.05, 3.63) is 29.5 Å². The summed E-state index contributed by atoms with van der Waals surface area (Å²) in [6, 6.07) is 5.90. The number of aryl methyl sites for hydroxylation is 1. The first-order chi connectivity index (χ1) is 8.72. The average molecular weight is 282 g/mol. The van der Waals surface area contributed by atoms with Crippen LogP contribution in [0.25, 0.3) is 16.7 Å². The van der Waals surface area contributed by atoms with Crippen LogP contribution in [0.15, 0.2) is 18.2 Å². The van der Waals surface area contributed by atoms with Crippen molar-refractivity contribution in [1.29, 1.82) is 0 Å². The Morgan fingerprint density at radius 1 is 1.33 bits per heavy atom. The largest absolute Gasteiger partial charge is 0.244 e. The third-order valence-corrected chi connectivity index (χ3v) is 3.26. The van der Waals surface area contributed by atoms with E-state index in [2.05, 4.69) is 27.4 Å². The van der Waals surface area contributed by atoms with Gasteiger partial charge in [-0.2, -0.15) is 4.52 Å². The molecule has 0 amide bonds. The van der Waals surface area contributed by atoms with E-state index < -0.39 is 4.84 Å². The Morgan fingerprint density at radius 2 is 2.17 bits per heavy atom. The van der Waals surface area contributed by atoms with Crippen LogP contribution >= 0.6 is 23.2 Å². The van der Waals surface area contributed by atoms with Crippen LogP contribution in [-0.4, -0.2) is 25.0 Å². The Labute approximate surface area is 113 Å². The number of aromatic nitrogens is 5. The van der Waals surface area contributed by atoms with Crippen molar-refractivity contribution in [2.45, 2.75) is 18.2 Å². The van der Waals surface area contributed by atoms with Gasteiger partial charge in [0.25, 0.3) is 0 Å². The zero-order valence-electron chi connectivity index (χ0n) is 9.51. The molecule has 0 N–H and O–H groups in total. The number of hydrogen-bond acceptors (Lipinski definition) is 4. The van der Waals surface area contributed by atoms with Crippen molar-refractivity contribution in [2.24, 2.45) is 0 Å². The fourth-order valence-corrected chi connectivity index (χ4v) is 2.28. The van der Waals surface area contributed by atoms with Gasteiger partial charge in [-0.05, 0) is 28.5 Å². The summed E-state index contributed by atoms with van der Waals surface area (Å²) >= 11 is 11.9. The van der Waals surface area contributed by atoms with Crippen molar-refractivity contribution < 1.29 is 0 Å². The summed E-state index contributed by atoms with van der Waals surface area (Å²) in [5.41, 5.74) is 3.77. The van der Waals surface area contributed by atoms with Gasteiger partial charge in [-0.1, -0.05) is 42.3 Å². The van der Waals surface area contributed by atoms with E-state index in [1.165, 1.54) is 0 Å². The summed E-state index contributed by atoms with van der Waals surface area (Å²) in [4.78, 5) is 3.76. The predicted octanol–water partition coefficient (Wildman–Crippen LogP) is 2.71. The van der Waals surface area contributed by atoms with Gasteiger partial charge in [0.05, 0.1) is 11.0 Å². The van der Waals surface area contributed by atoms with Gasteiger partial charge in [-0.3, -0.25) is 0 Å². The Bertz CT molecular complexity index is 722. The third-order valence-electron chi connectivity index (χ3n) is 2.84. The van der Waals surface area contributed by atoms with Crippen molar-refractivity contribution in [3.63, 3.8) is 0 Å². The molecule has 0 unspecified atom stereocenters. The molecule has 0 fully saturated rings.